The maximum Gasteiger partial charge on any atom is 0.285 e. The third kappa shape index (κ3) is 3.14. The molecule has 0 bridgehead atoms. The van der Waals surface area contributed by atoms with Crippen molar-refractivity contribution >= 4 is 23.7 Å². The third-order valence-electron chi connectivity index (χ3n) is 2.37. The van der Waals surface area contributed by atoms with Crippen molar-refractivity contribution in [3.05, 3.63) is 40.4 Å². The van der Waals surface area contributed by atoms with Crippen LogP contribution in [0.3, 0.4) is 0 Å². The van der Waals surface area contributed by atoms with Gasteiger partial charge in [-0.05, 0) is 30.6 Å². The summed E-state index contributed by atoms with van der Waals surface area (Å²) in [7, 11) is 1.58. The summed E-state index contributed by atoms with van der Waals surface area (Å²) in [5.74, 6) is 0.370. The highest BCUT2D eigenvalue weighted by molar-refractivity contribution is 7.07. The first kappa shape index (κ1) is 13.2. The van der Waals surface area contributed by atoms with Crippen LogP contribution in [0.25, 0.3) is 0 Å². The van der Waals surface area contributed by atoms with E-state index in [4.69, 9.17) is 4.74 Å². The second-order valence-corrected chi connectivity index (χ2v) is 4.38. The van der Waals surface area contributed by atoms with E-state index in [1.165, 1.54) is 6.21 Å². The number of hydrogen-bond acceptors (Lipinski definition) is 6. The molecule has 1 N–H and O–H groups in total. The fraction of sp³-hybridized carbons (Fsp3) is 0.167. The normalized spacial score (nSPS) is 10.6. The van der Waals surface area contributed by atoms with Gasteiger partial charge in [-0.2, -0.15) is 5.10 Å². The molecule has 0 aliphatic heterocycles. The van der Waals surface area contributed by atoms with Crippen LogP contribution in [0.2, 0.25) is 0 Å². The van der Waals surface area contributed by atoms with Crippen molar-refractivity contribution in [2.75, 3.05) is 7.11 Å². The number of methoxy groups -OCH3 is 1. The molecule has 0 fully saturated rings. The minimum Gasteiger partial charge on any atom is -0.496 e. The number of aryl methyl sites for hydroxylation is 1. The molecule has 0 saturated carbocycles. The minimum atomic E-state index is -0.321. The molecule has 0 aliphatic rings. The molecule has 1 aromatic carbocycles. The quantitative estimate of drug-likeness (QED) is 0.680. The van der Waals surface area contributed by atoms with Gasteiger partial charge in [0.2, 0.25) is 0 Å². The monoisotopic (exact) mass is 276 g/mol. The molecule has 6 nitrogen and oxygen atoms in total. The molecule has 98 valence electrons. The fourth-order valence-electron chi connectivity index (χ4n) is 1.42. The van der Waals surface area contributed by atoms with E-state index in [0.717, 1.165) is 17.1 Å². The zero-order chi connectivity index (χ0) is 13.7. The molecule has 0 radical (unpaired) electrons. The summed E-state index contributed by atoms with van der Waals surface area (Å²) in [4.78, 5) is 12.2. The number of hydrazone groups is 1. The maximum absolute atomic E-state index is 11.7. The second kappa shape index (κ2) is 6.05. The van der Waals surface area contributed by atoms with Crippen LogP contribution >= 0.6 is 11.5 Å². The summed E-state index contributed by atoms with van der Waals surface area (Å²) in [5.41, 5.74) is 3.81. The van der Waals surface area contributed by atoms with Gasteiger partial charge in [-0.1, -0.05) is 16.6 Å². The van der Waals surface area contributed by atoms with Crippen LogP contribution in [0.5, 0.6) is 5.75 Å². The number of nitrogens with zero attached hydrogens (tertiary/aromatic N) is 3. The third-order valence-corrected chi connectivity index (χ3v) is 3.19. The highest BCUT2D eigenvalue weighted by Gasteiger charge is 2.11. The smallest absolute Gasteiger partial charge is 0.285 e. The zero-order valence-electron chi connectivity index (χ0n) is 10.5. The first-order valence-electron chi connectivity index (χ1n) is 5.47. The molecular weight excluding hydrogens is 264 g/mol. The van der Waals surface area contributed by atoms with Crippen molar-refractivity contribution in [3.8, 4) is 5.75 Å². The standard InChI is InChI=1S/C12H12N4O2S/c1-8-11(19-16-14-8)12(17)15-13-7-9-5-3-4-6-10(9)18-2/h3-7H,1-2H3,(H,15,17)/b13-7+. The molecule has 0 aliphatic carbocycles. The van der Waals surface area contributed by atoms with E-state index in [2.05, 4.69) is 20.1 Å². The Bertz CT molecular complexity index is 609. The van der Waals surface area contributed by atoms with E-state index >= 15 is 0 Å². The maximum atomic E-state index is 11.7. The first-order valence-corrected chi connectivity index (χ1v) is 6.25. The highest BCUT2D eigenvalue weighted by atomic mass is 32.1. The van der Waals surface area contributed by atoms with Crippen LogP contribution in [0.4, 0.5) is 0 Å². The molecule has 0 spiro atoms. The molecular formula is C12H12N4O2S. The predicted molar refractivity (Wildman–Crippen MR) is 72.7 cm³/mol. The van der Waals surface area contributed by atoms with E-state index < -0.39 is 0 Å². The number of carbonyl (C=O) groups is 1. The number of carbonyl (C=O) groups excluding carboxylic acids is 1. The molecule has 1 aromatic heterocycles. The van der Waals surface area contributed by atoms with Crippen molar-refractivity contribution in [1.82, 2.24) is 15.0 Å². The Morgan fingerprint density at radius 3 is 2.95 bits per heavy atom. The molecule has 19 heavy (non-hydrogen) atoms. The lowest BCUT2D eigenvalue weighted by atomic mass is 10.2. The number of hydrogen-bond donors (Lipinski definition) is 1. The molecule has 2 rings (SSSR count). The number of benzene rings is 1. The Labute approximate surface area is 114 Å². The van der Waals surface area contributed by atoms with Gasteiger partial charge in [-0.3, -0.25) is 4.79 Å². The molecule has 0 atom stereocenters. The topological polar surface area (TPSA) is 76.5 Å². The number of para-hydroxylation sites is 1. The van der Waals surface area contributed by atoms with Gasteiger partial charge >= 0.3 is 0 Å². The second-order valence-electron chi connectivity index (χ2n) is 3.63. The summed E-state index contributed by atoms with van der Waals surface area (Å²) in [5, 5.41) is 7.66. The van der Waals surface area contributed by atoms with Gasteiger partial charge in [0.1, 0.15) is 10.6 Å². The van der Waals surface area contributed by atoms with E-state index in [-0.39, 0.29) is 5.91 Å². The molecule has 1 amide bonds. The summed E-state index contributed by atoms with van der Waals surface area (Å²) in [6.07, 6.45) is 1.53. The van der Waals surface area contributed by atoms with E-state index in [9.17, 15) is 4.79 Å². The van der Waals surface area contributed by atoms with Crippen molar-refractivity contribution in [1.29, 1.82) is 0 Å². The Morgan fingerprint density at radius 1 is 1.47 bits per heavy atom. The Kier molecular flexibility index (Phi) is 4.19. The first-order chi connectivity index (χ1) is 9.22. The average Bonchev–Trinajstić information content (AvgIpc) is 2.85. The minimum absolute atomic E-state index is 0.321. The molecule has 0 unspecified atom stereocenters. The average molecular weight is 276 g/mol. The summed E-state index contributed by atoms with van der Waals surface area (Å²) in [6, 6.07) is 7.39. The fourth-order valence-corrected chi connectivity index (χ4v) is 1.97. The highest BCUT2D eigenvalue weighted by Crippen LogP contribution is 2.14. The van der Waals surface area contributed by atoms with Crippen LogP contribution in [0.1, 0.15) is 20.9 Å². The van der Waals surface area contributed by atoms with E-state index in [1.54, 1.807) is 14.0 Å². The number of rotatable bonds is 4. The van der Waals surface area contributed by atoms with Gasteiger partial charge in [-0.25, -0.2) is 5.43 Å². The Balaban J connectivity index is 2.04. The van der Waals surface area contributed by atoms with Gasteiger partial charge < -0.3 is 4.74 Å². The lowest BCUT2D eigenvalue weighted by Gasteiger charge is -2.02. The molecule has 7 heteroatoms. The van der Waals surface area contributed by atoms with E-state index in [0.29, 0.717) is 16.3 Å². The van der Waals surface area contributed by atoms with Gasteiger partial charge in [0.15, 0.2) is 0 Å². The Morgan fingerprint density at radius 2 is 2.26 bits per heavy atom. The van der Waals surface area contributed by atoms with Crippen molar-refractivity contribution in [2.24, 2.45) is 5.10 Å². The Hall–Kier alpha value is -2.28. The van der Waals surface area contributed by atoms with Crippen LogP contribution in [-0.2, 0) is 0 Å². The summed E-state index contributed by atoms with van der Waals surface area (Å²) in [6.45, 7) is 1.72. The van der Waals surface area contributed by atoms with Gasteiger partial charge in [0.25, 0.3) is 5.91 Å². The SMILES string of the molecule is COc1ccccc1/C=N/NC(=O)c1snnc1C. The number of nitrogens with one attached hydrogen (secondary N) is 1. The lowest BCUT2D eigenvalue weighted by Crippen LogP contribution is -2.17. The van der Waals surface area contributed by atoms with Gasteiger partial charge in [0.05, 0.1) is 19.0 Å². The summed E-state index contributed by atoms with van der Waals surface area (Å²) < 4.78 is 8.87. The lowest BCUT2D eigenvalue weighted by molar-refractivity contribution is 0.0958. The number of aromatic nitrogens is 2. The van der Waals surface area contributed by atoms with Crippen molar-refractivity contribution < 1.29 is 9.53 Å². The zero-order valence-corrected chi connectivity index (χ0v) is 11.3. The van der Waals surface area contributed by atoms with E-state index in [1.807, 2.05) is 24.3 Å². The van der Waals surface area contributed by atoms with Crippen molar-refractivity contribution in [3.63, 3.8) is 0 Å². The van der Waals surface area contributed by atoms with Crippen LogP contribution < -0.4 is 10.2 Å². The summed E-state index contributed by atoms with van der Waals surface area (Å²) >= 11 is 1.04. The molecule has 2 aromatic rings. The molecule has 1 heterocycles. The predicted octanol–water partition coefficient (Wildman–Crippen LogP) is 1.62. The van der Waals surface area contributed by atoms with Gasteiger partial charge in [0, 0.05) is 5.56 Å². The van der Waals surface area contributed by atoms with Crippen LogP contribution in [-0.4, -0.2) is 28.8 Å². The van der Waals surface area contributed by atoms with Crippen LogP contribution in [0.15, 0.2) is 29.4 Å². The largest absolute Gasteiger partial charge is 0.496 e. The van der Waals surface area contributed by atoms with Gasteiger partial charge in [-0.15, -0.1) is 5.10 Å². The van der Waals surface area contributed by atoms with Crippen molar-refractivity contribution in [2.45, 2.75) is 6.92 Å². The number of amides is 1. The number of ether oxygens (including phenoxy) is 1. The molecule has 0 saturated heterocycles. The van der Waals surface area contributed by atoms with Crippen LogP contribution in [0, 0.1) is 6.92 Å².